The summed E-state index contributed by atoms with van der Waals surface area (Å²) in [7, 11) is 1.64. The van der Waals surface area contributed by atoms with Crippen LogP contribution in [-0.4, -0.2) is 38.4 Å². The maximum Gasteiger partial charge on any atom is 0.417 e. The Bertz CT molecular complexity index is 778. The summed E-state index contributed by atoms with van der Waals surface area (Å²) in [5.74, 6) is 4.70. The molecule has 0 aliphatic carbocycles. The summed E-state index contributed by atoms with van der Waals surface area (Å²) in [4.78, 5) is 11.6. The van der Waals surface area contributed by atoms with Crippen LogP contribution in [0.4, 0.5) is 13.2 Å². The highest BCUT2D eigenvalue weighted by Gasteiger charge is 2.32. The predicted molar refractivity (Wildman–Crippen MR) is 80.9 cm³/mol. The molecule has 0 aliphatic heterocycles. The number of carbonyl (C=O) groups is 1. The minimum Gasteiger partial charge on any atom is -0.344 e. The zero-order chi connectivity index (χ0) is 17.6. The fourth-order valence-corrected chi connectivity index (χ4v) is 2.33. The van der Waals surface area contributed by atoms with Crippen molar-refractivity contribution in [1.82, 2.24) is 25.5 Å². The molecule has 1 aromatic heterocycles. The third-order valence-electron chi connectivity index (χ3n) is 2.74. The molecular weight excluding hydrogens is 343 g/mol. The fourth-order valence-electron chi connectivity index (χ4n) is 1.65. The Morgan fingerprint density at radius 2 is 2.12 bits per heavy atom. The molecule has 0 fully saturated rings. The second-order valence-corrected chi connectivity index (χ2v) is 5.44. The van der Waals surface area contributed by atoms with Gasteiger partial charge in [0.2, 0.25) is 11.1 Å². The highest BCUT2D eigenvalue weighted by atomic mass is 32.2. The maximum absolute atomic E-state index is 12.8. The first-order chi connectivity index (χ1) is 11.4. The van der Waals surface area contributed by atoms with Crippen LogP contribution in [0.2, 0.25) is 0 Å². The largest absolute Gasteiger partial charge is 0.417 e. The van der Waals surface area contributed by atoms with E-state index in [0.717, 1.165) is 17.8 Å². The number of thioether (sulfide) groups is 1. The van der Waals surface area contributed by atoms with E-state index in [1.54, 1.807) is 7.05 Å². The average molecular weight is 355 g/mol. The van der Waals surface area contributed by atoms with E-state index in [1.807, 2.05) is 0 Å². The van der Waals surface area contributed by atoms with E-state index in [1.165, 1.54) is 22.9 Å². The summed E-state index contributed by atoms with van der Waals surface area (Å²) >= 11 is 1.14. The van der Waals surface area contributed by atoms with E-state index in [9.17, 15) is 18.0 Å². The molecule has 126 valence electrons. The molecule has 0 aliphatic rings. The Balaban J connectivity index is 1.86. The molecule has 6 nitrogen and oxygen atoms in total. The molecule has 1 amide bonds. The van der Waals surface area contributed by atoms with Crippen LogP contribution in [0.3, 0.4) is 0 Å². The zero-order valence-electron chi connectivity index (χ0n) is 12.5. The van der Waals surface area contributed by atoms with Gasteiger partial charge in [-0.3, -0.25) is 4.79 Å². The summed E-state index contributed by atoms with van der Waals surface area (Å²) in [6.45, 7) is -0.0529. The third kappa shape index (κ3) is 4.99. The molecule has 0 saturated heterocycles. The van der Waals surface area contributed by atoms with Crippen LogP contribution < -0.4 is 5.32 Å². The number of aromatic nitrogens is 4. The number of rotatable bonds is 4. The molecule has 2 rings (SSSR count). The predicted octanol–water partition coefficient (Wildman–Crippen LogP) is 1.49. The molecule has 0 spiro atoms. The molecule has 24 heavy (non-hydrogen) atoms. The molecular formula is C14H12F3N5OS. The Hall–Kier alpha value is -2.54. The monoisotopic (exact) mass is 355 g/mol. The van der Waals surface area contributed by atoms with Gasteiger partial charge in [0.15, 0.2) is 0 Å². The van der Waals surface area contributed by atoms with Crippen molar-refractivity contribution in [2.24, 2.45) is 7.05 Å². The van der Waals surface area contributed by atoms with Gasteiger partial charge in [0.05, 0.1) is 17.9 Å². The minimum absolute atomic E-state index is 0.0529. The van der Waals surface area contributed by atoms with Crippen molar-refractivity contribution in [3.05, 3.63) is 35.4 Å². The van der Waals surface area contributed by atoms with E-state index in [2.05, 4.69) is 32.7 Å². The van der Waals surface area contributed by atoms with Gasteiger partial charge in [0, 0.05) is 12.6 Å². The topological polar surface area (TPSA) is 72.7 Å². The van der Waals surface area contributed by atoms with Crippen LogP contribution in [0.5, 0.6) is 0 Å². The summed E-state index contributed by atoms with van der Waals surface area (Å²) in [6, 6.07) is 5.03. The normalized spacial score (nSPS) is 10.8. The molecule has 0 saturated carbocycles. The van der Waals surface area contributed by atoms with Gasteiger partial charge in [-0.05, 0) is 22.6 Å². The van der Waals surface area contributed by atoms with Gasteiger partial charge in [-0.15, -0.1) is 5.10 Å². The van der Waals surface area contributed by atoms with Crippen molar-refractivity contribution in [3.8, 4) is 11.8 Å². The molecule has 0 radical (unpaired) electrons. The summed E-state index contributed by atoms with van der Waals surface area (Å²) < 4.78 is 39.8. The highest BCUT2D eigenvalue weighted by molar-refractivity contribution is 7.99. The third-order valence-corrected chi connectivity index (χ3v) is 3.75. The van der Waals surface area contributed by atoms with E-state index >= 15 is 0 Å². The van der Waals surface area contributed by atoms with Crippen LogP contribution >= 0.6 is 11.8 Å². The number of carbonyl (C=O) groups excluding carboxylic acids is 1. The molecule has 2 aromatic rings. The number of nitrogens with zero attached hydrogens (tertiary/aromatic N) is 4. The van der Waals surface area contributed by atoms with Crippen molar-refractivity contribution in [1.29, 1.82) is 0 Å². The van der Waals surface area contributed by atoms with Crippen molar-refractivity contribution < 1.29 is 18.0 Å². The van der Waals surface area contributed by atoms with Gasteiger partial charge in [0.1, 0.15) is 0 Å². The van der Waals surface area contributed by atoms with E-state index in [0.29, 0.717) is 5.16 Å². The Morgan fingerprint density at radius 3 is 2.79 bits per heavy atom. The fraction of sp³-hybridized carbons (Fsp3) is 0.286. The number of benzene rings is 1. The van der Waals surface area contributed by atoms with Crippen molar-refractivity contribution in [2.45, 2.75) is 11.3 Å². The lowest BCUT2D eigenvalue weighted by molar-refractivity contribution is -0.137. The minimum atomic E-state index is -4.46. The first-order valence-electron chi connectivity index (χ1n) is 6.65. The first-order valence-corrected chi connectivity index (χ1v) is 7.63. The molecule has 10 heteroatoms. The number of nitrogens with one attached hydrogen (secondary N) is 1. The molecule has 1 N–H and O–H groups in total. The van der Waals surface area contributed by atoms with Crippen molar-refractivity contribution >= 4 is 17.7 Å². The van der Waals surface area contributed by atoms with Crippen molar-refractivity contribution in [2.75, 3.05) is 12.3 Å². The Kier molecular flexibility index (Phi) is 5.81. The SMILES string of the molecule is Cn1nnnc1SCC(=O)NCC#Cc1ccccc1C(F)(F)F. The van der Waals surface area contributed by atoms with Gasteiger partial charge >= 0.3 is 6.18 Å². The molecule has 1 aromatic carbocycles. The van der Waals surface area contributed by atoms with Gasteiger partial charge in [-0.25, -0.2) is 4.68 Å². The van der Waals surface area contributed by atoms with Crippen LogP contribution in [0.15, 0.2) is 29.4 Å². The second-order valence-electron chi connectivity index (χ2n) is 4.50. The number of tetrazole rings is 1. The lowest BCUT2D eigenvalue weighted by atomic mass is 10.1. The summed E-state index contributed by atoms with van der Waals surface area (Å²) in [5, 5.41) is 13.7. The Morgan fingerprint density at radius 1 is 1.38 bits per heavy atom. The Labute approximate surface area is 139 Å². The van der Waals surface area contributed by atoms with Crippen LogP contribution in [0.1, 0.15) is 11.1 Å². The molecule has 0 unspecified atom stereocenters. The van der Waals surface area contributed by atoms with E-state index in [-0.39, 0.29) is 23.8 Å². The number of hydrogen-bond donors (Lipinski definition) is 1. The lowest BCUT2D eigenvalue weighted by Gasteiger charge is -2.08. The summed E-state index contributed by atoms with van der Waals surface area (Å²) in [5.41, 5.74) is -0.923. The van der Waals surface area contributed by atoms with Crippen LogP contribution in [-0.2, 0) is 18.0 Å². The highest BCUT2D eigenvalue weighted by Crippen LogP contribution is 2.31. The smallest absolute Gasteiger partial charge is 0.344 e. The number of alkyl halides is 3. The second kappa shape index (κ2) is 7.83. The number of aryl methyl sites for hydroxylation is 1. The standard InChI is InChI=1S/C14H12F3N5OS/c1-22-13(19-20-21-22)24-9-12(23)18-8-4-6-10-5-2-3-7-11(10)14(15,16)17/h2-3,5,7H,8-9H2,1H3,(H,18,23). The zero-order valence-corrected chi connectivity index (χ0v) is 13.3. The molecule has 0 bridgehead atoms. The molecule has 1 heterocycles. The van der Waals surface area contributed by atoms with E-state index in [4.69, 9.17) is 0 Å². The van der Waals surface area contributed by atoms with E-state index < -0.39 is 11.7 Å². The quantitative estimate of drug-likeness (QED) is 0.665. The first kappa shape index (κ1) is 17.8. The van der Waals surface area contributed by atoms with Crippen molar-refractivity contribution in [3.63, 3.8) is 0 Å². The van der Waals surface area contributed by atoms with Gasteiger partial charge < -0.3 is 5.32 Å². The van der Waals surface area contributed by atoms with Gasteiger partial charge in [-0.2, -0.15) is 13.2 Å². The summed E-state index contributed by atoms with van der Waals surface area (Å²) in [6.07, 6.45) is -4.46. The maximum atomic E-state index is 12.8. The van der Waals surface area contributed by atoms with Gasteiger partial charge in [0.25, 0.3) is 0 Å². The van der Waals surface area contributed by atoms with Crippen LogP contribution in [0.25, 0.3) is 0 Å². The average Bonchev–Trinajstić information content (AvgIpc) is 2.94. The lowest BCUT2D eigenvalue weighted by Crippen LogP contribution is -2.25. The van der Waals surface area contributed by atoms with Crippen LogP contribution in [0, 0.1) is 11.8 Å². The number of hydrogen-bond acceptors (Lipinski definition) is 5. The number of halogens is 3. The van der Waals surface area contributed by atoms with Gasteiger partial charge in [-0.1, -0.05) is 35.7 Å². The number of amides is 1. The molecule has 0 atom stereocenters.